The van der Waals surface area contributed by atoms with Crippen LogP contribution in [0.15, 0.2) is 16.6 Å². The monoisotopic (exact) mass is 445 g/mol. The van der Waals surface area contributed by atoms with Gasteiger partial charge < -0.3 is 24.6 Å². The maximum Gasteiger partial charge on any atom is 0.418 e. The zero-order chi connectivity index (χ0) is 21.0. The number of phenols is 1. The molecule has 0 amide bonds. The Balaban J connectivity index is 2.88. The average molecular weight is 446 g/mol. The van der Waals surface area contributed by atoms with Gasteiger partial charge in [-0.15, -0.1) is 0 Å². The first-order chi connectivity index (χ1) is 12.3. The highest BCUT2D eigenvalue weighted by molar-refractivity contribution is 9.10. The Labute approximate surface area is 166 Å². The van der Waals surface area contributed by atoms with Crippen LogP contribution >= 0.6 is 15.9 Å². The van der Waals surface area contributed by atoms with E-state index >= 15 is 0 Å². The van der Waals surface area contributed by atoms with E-state index in [1.54, 1.807) is 46.8 Å². The molecule has 150 valence electrons. The molecule has 0 spiro atoms. The molecule has 0 radical (unpaired) electrons. The fourth-order valence-electron chi connectivity index (χ4n) is 1.98. The number of benzene rings is 1. The molecule has 0 bridgehead atoms. The summed E-state index contributed by atoms with van der Waals surface area (Å²) in [4.78, 5) is 35.6. The lowest BCUT2D eigenvalue weighted by molar-refractivity contribution is -0.181. The topological polar surface area (TPSA) is 111 Å². The van der Waals surface area contributed by atoms with Crippen molar-refractivity contribution >= 4 is 39.5 Å². The Morgan fingerprint density at radius 1 is 1.07 bits per heavy atom. The third-order valence-corrected chi connectivity index (χ3v) is 3.80. The number of aromatic hydroxyl groups is 1. The second-order valence-electron chi connectivity index (χ2n) is 7.31. The predicted molar refractivity (Wildman–Crippen MR) is 102 cm³/mol. The van der Waals surface area contributed by atoms with Gasteiger partial charge in [-0.25, -0.2) is 14.4 Å². The van der Waals surface area contributed by atoms with Crippen LogP contribution in [0.5, 0.6) is 5.75 Å². The summed E-state index contributed by atoms with van der Waals surface area (Å²) in [6, 6.07) is 3.10. The van der Waals surface area contributed by atoms with Crippen LogP contribution in [-0.2, 0) is 23.8 Å². The Morgan fingerprint density at radius 2 is 1.63 bits per heavy atom. The van der Waals surface area contributed by atoms with Gasteiger partial charge in [0.05, 0.1) is 23.8 Å². The number of hydrogen-bond donors (Lipinski definition) is 2. The van der Waals surface area contributed by atoms with Crippen LogP contribution in [0.4, 0.5) is 5.69 Å². The number of carbonyl (C=O) groups is 3. The second-order valence-corrected chi connectivity index (χ2v) is 8.17. The van der Waals surface area contributed by atoms with Gasteiger partial charge in [0.2, 0.25) is 0 Å². The molecule has 1 rings (SSSR count). The molecular weight excluding hydrogens is 422 g/mol. The Bertz CT molecular complexity index is 738. The predicted octanol–water partition coefficient (Wildman–Crippen LogP) is 3.02. The van der Waals surface area contributed by atoms with Crippen LogP contribution in [0.25, 0.3) is 0 Å². The standard InChI is InChI=1S/C18H24BrNO7/c1-17(2,3)26-15(23)16(24)27-18(4,5)9-20-11-8-7-10(19)13(21)12(11)14(22)25-6/h7-8,20-21H,9H2,1-6H3. The van der Waals surface area contributed by atoms with E-state index in [1.807, 2.05) is 0 Å². The summed E-state index contributed by atoms with van der Waals surface area (Å²) in [5.74, 6) is -3.23. The SMILES string of the molecule is COC(=O)c1c(NCC(C)(C)OC(=O)C(=O)OC(C)(C)C)ccc(Br)c1O. The van der Waals surface area contributed by atoms with E-state index in [2.05, 4.69) is 26.0 Å². The van der Waals surface area contributed by atoms with Crippen LogP contribution in [-0.4, -0.2) is 47.9 Å². The number of anilines is 1. The molecule has 0 unspecified atom stereocenters. The first kappa shape index (κ1) is 22.8. The molecule has 0 atom stereocenters. The molecule has 0 aliphatic heterocycles. The van der Waals surface area contributed by atoms with Crippen LogP contribution in [0.1, 0.15) is 45.0 Å². The third kappa shape index (κ3) is 6.74. The summed E-state index contributed by atoms with van der Waals surface area (Å²) in [5, 5.41) is 13.0. The highest BCUT2D eigenvalue weighted by Crippen LogP contribution is 2.34. The fourth-order valence-corrected chi connectivity index (χ4v) is 2.31. The molecule has 1 aromatic carbocycles. The molecule has 0 aliphatic carbocycles. The maximum atomic E-state index is 11.9. The maximum absolute atomic E-state index is 11.9. The van der Waals surface area contributed by atoms with E-state index in [9.17, 15) is 19.5 Å². The van der Waals surface area contributed by atoms with Crippen LogP contribution in [0.3, 0.4) is 0 Å². The fraction of sp³-hybridized carbons (Fsp3) is 0.500. The largest absolute Gasteiger partial charge is 0.506 e. The normalized spacial score (nSPS) is 11.5. The van der Waals surface area contributed by atoms with Crippen molar-refractivity contribution in [2.24, 2.45) is 0 Å². The van der Waals surface area contributed by atoms with Gasteiger partial charge >= 0.3 is 17.9 Å². The zero-order valence-corrected chi connectivity index (χ0v) is 17.7. The number of methoxy groups -OCH3 is 1. The lowest BCUT2D eigenvalue weighted by Gasteiger charge is -2.27. The third-order valence-electron chi connectivity index (χ3n) is 3.16. The summed E-state index contributed by atoms with van der Waals surface area (Å²) in [5.41, 5.74) is -1.71. The Morgan fingerprint density at radius 3 is 2.15 bits per heavy atom. The van der Waals surface area contributed by atoms with E-state index in [-0.39, 0.29) is 23.5 Å². The number of hydrogen-bond acceptors (Lipinski definition) is 8. The van der Waals surface area contributed by atoms with Crippen molar-refractivity contribution in [3.63, 3.8) is 0 Å². The van der Waals surface area contributed by atoms with E-state index in [4.69, 9.17) is 9.47 Å². The van der Waals surface area contributed by atoms with Crippen molar-refractivity contribution in [2.75, 3.05) is 19.0 Å². The molecule has 1 aromatic rings. The Hall–Kier alpha value is -2.29. The van der Waals surface area contributed by atoms with Crippen molar-refractivity contribution in [2.45, 2.75) is 45.8 Å². The minimum atomic E-state index is -1.12. The lowest BCUT2D eigenvalue weighted by Crippen LogP contribution is -2.40. The highest BCUT2D eigenvalue weighted by Gasteiger charge is 2.31. The summed E-state index contributed by atoms with van der Waals surface area (Å²) in [6.45, 7) is 8.13. The van der Waals surface area contributed by atoms with Gasteiger partial charge in [-0.05, 0) is 62.7 Å². The summed E-state index contributed by atoms with van der Waals surface area (Å²) >= 11 is 3.13. The number of rotatable bonds is 5. The highest BCUT2D eigenvalue weighted by atomic mass is 79.9. The van der Waals surface area contributed by atoms with Crippen molar-refractivity contribution in [1.82, 2.24) is 0 Å². The molecule has 27 heavy (non-hydrogen) atoms. The number of carbonyl (C=O) groups excluding carboxylic acids is 3. The average Bonchev–Trinajstić information content (AvgIpc) is 2.53. The van der Waals surface area contributed by atoms with Crippen LogP contribution in [0.2, 0.25) is 0 Å². The van der Waals surface area contributed by atoms with Gasteiger partial charge in [-0.3, -0.25) is 0 Å². The molecule has 0 saturated carbocycles. The van der Waals surface area contributed by atoms with E-state index in [1.165, 1.54) is 7.11 Å². The molecule has 2 N–H and O–H groups in total. The van der Waals surface area contributed by atoms with Gasteiger partial charge in [-0.1, -0.05) is 0 Å². The number of esters is 3. The lowest BCUT2D eigenvalue weighted by atomic mass is 10.1. The number of halogens is 1. The Kier molecular flexibility index (Phi) is 7.25. The van der Waals surface area contributed by atoms with Crippen LogP contribution in [0, 0.1) is 0 Å². The van der Waals surface area contributed by atoms with Crippen molar-refractivity contribution in [3.8, 4) is 5.75 Å². The number of ether oxygens (including phenoxy) is 3. The van der Waals surface area contributed by atoms with E-state index in [0.717, 1.165) is 0 Å². The first-order valence-electron chi connectivity index (χ1n) is 8.07. The van der Waals surface area contributed by atoms with Crippen LogP contribution < -0.4 is 5.32 Å². The van der Waals surface area contributed by atoms with E-state index < -0.39 is 29.1 Å². The quantitative estimate of drug-likeness (QED) is 0.404. The number of nitrogens with one attached hydrogen (secondary N) is 1. The minimum Gasteiger partial charge on any atom is -0.506 e. The molecular formula is C18H24BrNO7. The van der Waals surface area contributed by atoms with Gasteiger partial charge in [0.25, 0.3) is 0 Å². The van der Waals surface area contributed by atoms with Crippen molar-refractivity contribution in [1.29, 1.82) is 0 Å². The minimum absolute atomic E-state index is 0.0482. The molecule has 0 fully saturated rings. The smallest absolute Gasteiger partial charge is 0.418 e. The van der Waals surface area contributed by atoms with Gasteiger partial charge in [0, 0.05) is 0 Å². The van der Waals surface area contributed by atoms with Gasteiger partial charge in [0.15, 0.2) is 0 Å². The molecule has 0 saturated heterocycles. The molecule has 0 aliphatic rings. The van der Waals surface area contributed by atoms with E-state index in [0.29, 0.717) is 4.47 Å². The molecule has 9 heteroatoms. The summed E-state index contributed by atoms with van der Waals surface area (Å²) in [6.07, 6.45) is 0. The van der Waals surface area contributed by atoms with Crippen molar-refractivity contribution in [3.05, 3.63) is 22.2 Å². The molecule has 0 aromatic heterocycles. The number of phenolic OH excluding ortho intramolecular Hbond substituents is 1. The zero-order valence-electron chi connectivity index (χ0n) is 16.1. The molecule has 8 nitrogen and oxygen atoms in total. The molecule has 0 heterocycles. The summed E-state index contributed by atoms with van der Waals surface area (Å²) < 4.78 is 15.2. The van der Waals surface area contributed by atoms with Gasteiger partial charge in [-0.2, -0.15) is 0 Å². The van der Waals surface area contributed by atoms with Gasteiger partial charge in [0.1, 0.15) is 22.5 Å². The first-order valence-corrected chi connectivity index (χ1v) is 8.86. The second kappa shape index (κ2) is 8.60. The van der Waals surface area contributed by atoms with Crippen molar-refractivity contribution < 1.29 is 33.7 Å². The summed E-state index contributed by atoms with van der Waals surface area (Å²) in [7, 11) is 1.19.